The summed E-state index contributed by atoms with van der Waals surface area (Å²) in [7, 11) is 3.43. The van der Waals surface area contributed by atoms with Crippen LogP contribution in [-0.4, -0.2) is 46.6 Å². The zero-order chi connectivity index (χ0) is 27.4. The number of hydrogen-bond acceptors (Lipinski definition) is 4. The molecule has 1 aliphatic heterocycles. The smallest absolute Gasteiger partial charge is 0.257 e. The lowest BCUT2D eigenvalue weighted by Crippen LogP contribution is -2.55. The fourth-order valence-electron chi connectivity index (χ4n) is 4.95. The number of amides is 2. The van der Waals surface area contributed by atoms with Crippen molar-refractivity contribution < 1.29 is 9.59 Å². The van der Waals surface area contributed by atoms with E-state index >= 15 is 0 Å². The maximum Gasteiger partial charge on any atom is 0.257 e. The zero-order valence-electron chi connectivity index (χ0n) is 23.3. The first-order valence-electron chi connectivity index (χ1n) is 12.9. The van der Waals surface area contributed by atoms with E-state index in [1.807, 2.05) is 48.0 Å². The first-order chi connectivity index (χ1) is 17.5. The average molecular weight is 504 g/mol. The van der Waals surface area contributed by atoms with Crippen LogP contribution in [0.25, 0.3) is 0 Å². The highest BCUT2D eigenvalue weighted by Crippen LogP contribution is 2.37. The van der Waals surface area contributed by atoms with Gasteiger partial charge in [-0.1, -0.05) is 74.6 Å². The Labute approximate surface area is 221 Å². The molecule has 0 bridgehead atoms. The minimum Gasteiger partial charge on any atom is -0.363 e. The number of carbonyl (C=O) groups is 2. The summed E-state index contributed by atoms with van der Waals surface area (Å²) < 4.78 is 1.88. The summed E-state index contributed by atoms with van der Waals surface area (Å²) in [5.74, 6) is 0.144. The third-order valence-corrected chi connectivity index (χ3v) is 7.24. The molecule has 3 rings (SSSR count). The Hall–Kier alpha value is -3.61. The molecular weight excluding hydrogens is 462 g/mol. The van der Waals surface area contributed by atoms with Crippen LogP contribution in [-0.2, 0) is 22.3 Å². The molecule has 2 heterocycles. The second-order valence-corrected chi connectivity index (χ2v) is 10.5. The van der Waals surface area contributed by atoms with Crippen molar-refractivity contribution in [2.75, 3.05) is 19.4 Å². The first kappa shape index (κ1) is 28.0. The average Bonchev–Trinajstić information content (AvgIpc) is 3.32. The fraction of sp³-hybridized carbons (Fsp3) is 0.433. The lowest BCUT2D eigenvalue weighted by molar-refractivity contribution is -0.136. The number of likely N-dealkylation sites (N-methyl/N-ethyl adjacent to an activating group) is 1. The predicted molar refractivity (Wildman–Crippen MR) is 151 cm³/mol. The van der Waals surface area contributed by atoms with Crippen LogP contribution in [0.5, 0.6) is 0 Å². The number of nitrogens with one attached hydrogen (secondary N) is 2. The van der Waals surface area contributed by atoms with Crippen LogP contribution in [0.1, 0.15) is 68.9 Å². The standard InChI is InChI=1S/C30H41N5O2/c1-9-12-13-14-21(4)25-19-29(5,6)35-26(32-25)24(20-31-35)27(36)33-30(11-3,28(37)34(7)8)23-17-15-22(10-2)16-18-23/h9,12-18,20,25,32H,1,10-11,19H2,2-8H3,(H,33,36)/b13-12-,21-14+/t25-,30+/m1/s1. The van der Waals surface area contributed by atoms with Crippen LogP contribution in [0.3, 0.4) is 0 Å². The van der Waals surface area contributed by atoms with Gasteiger partial charge in [-0.3, -0.25) is 9.59 Å². The highest BCUT2D eigenvalue weighted by molar-refractivity contribution is 6.02. The molecule has 0 fully saturated rings. The van der Waals surface area contributed by atoms with Crippen LogP contribution in [0, 0.1) is 0 Å². The monoisotopic (exact) mass is 503 g/mol. The minimum absolute atomic E-state index is 0.0288. The zero-order valence-corrected chi connectivity index (χ0v) is 23.3. The van der Waals surface area contributed by atoms with E-state index < -0.39 is 5.54 Å². The van der Waals surface area contributed by atoms with E-state index in [0.717, 1.165) is 24.0 Å². The number of aromatic nitrogens is 2. The number of fused-ring (bicyclic) bond motifs is 1. The molecule has 1 aromatic carbocycles. The van der Waals surface area contributed by atoms with Crippen molar-refractivity contribution in [2.24, 2.45) is 0 Å². The summed E-state index contributed by atoms with van der Waals surface area (Å²) in [6.45, 7) is 14.0. The van der Waals surface area contributed by atoms with Crippen LogP contribution >= 0.6 is 0 Å². The van der Waals surface area contributed by atoms with Crippen LogP contribution < -0.4 is 10.6 Å². The number of anilines is 1. The van der Waals surface area contributed by atoms with E-state index in [9.17, 15) is 9.59 Å². The molecule has 0 unspecified atom stereocenters. The molecule has 1 aromatic heterocycles. The number of aryl methyl sites for hydroxylation is 1. The van der Waals surface area contributed by atoms with Crippen molar-refractivity contribution in [2.45, 2.75) is 71.0 Å². The van der Waals surface area contributed by atoms with E-state index in [4.69, 9.17) is 0 Å². The molecule has 2 amide bonds. The summed E-state index contributed by atoms with van der Waals surface area (Å²) in [6.07, 6.45) is 11.4. The van der Waals surface area contributed by atoms with Gasteiger partial charge in [0, 0.05) is 14.1 Å². The second-order valence-electron chi connectivity index (χ2n) is 10.5. The number of rotatable bonds is 9. The third kappa shape index (κ3) is 5.55. The molecule has 2 N–H and O–H groups in total. The van der Waals surface area contributed by atoms with Gasteiger partial charge in [0.2, 0.25) is 0 Å². The second kappa shape index (κ2) is 11.2. The number of carbonyl (C=O) groups excluding carboxylic acids is 2. The minimum atomic E-state index is -1.20. The Morgan fingerprint density at radius 3 is 2.49 bits per heavy atom. The van der Waals surface area contributed by atoms with Gasteiger partial charge in [-0.25, -0.2) is 4.68 Å². The van der Waals surface area contributed by atoms with Crippen molar-refractivity contribution in [3.63, 3.8) is 0 Å². The van der Waals surface area contributed by atoms with Gasteiger partial charge < -0.3 is 15.5 Å². The maximum absolute atomic E-state index is 13.9. The Balaban J connectivity index is 2.02. The molecule has 7 nitrogen and oxygen atoms in total. The molecule has 37 heavy (non-hydrogen) atoms. The quantitative estimate of drug-likeness (QED) is 0.463. The van der Waals surface area contributed by atoms with Gasteiger partial charge >= 0.3 is 0 Å². The number of benzene rings is 1. The van der Waals surface area contributed by atoms with Crippen molar-refractivity contribution in [1.29, 1.82) is 0 Å². The lowest BCUT2D eigenvalue weighted by Gasteiger charge is -2.39. The van der Waals surface area contributed by atoms with Gasteiger partial charge in [0.25, 0.3) is 11.8 Å². The molecule has 0 aliphatic carbocycles. The summed E-state index contributed by atoms with van der Waals surface area (Å²) in [5.41, 5.74) is 1.99. The van der Waals surface area contributed by atoms with Crippen LogP contribution in [0.2, 0.25) is 0 Å². The van der Waals surface area contributed by atoms with E-state index in [0.29, 0.717) is 17.8 Å². The van der Waals surface area contributed by atoms with Crippen LogP contribution in [0.15, 0.2) is 66.9 Å². The molecule has 0 saturated carbocycles. The number of allylic oxidation sites excluding steroid dienone is 4. The maximum atomic E-state index is 13.9. The van der Waals surface area contributed by atoms with Gasteiger partial charge in [-0.15, -0.1) is 0 Å². The molecule has 0 radical (unpaired) electrons. The lowest BCUT2D eigenvalue weighted by atomic mass is 9.84. The van der Waals surface area contributed by atoms with Crippen molar-refractivity contribution in [3.05, 3.63) is 83.6 Å². The molecule has 0 saturated heterocycles. The number of hydrogen-bond donors (Lipinski definition) is 2. The molecule has 2 aromatic rings. The topological polar surface area (TPSA) is 79.3 Å². The van der Waals surface area contributed by atoms with Crippen LogP contribution in [0.4, 0.5) is 5.82 Å². The van der Waals surface area contributed by atoms with Gasteiger partial charge in [0.15, 0.2) is 0 Å². The summed E-state index contributed by atoms with van der Waals surface area (Å²) in [4.78, 5) is 29.0. The highest BCUT2D eigenvalue weighted by Gasteiger charge is 2.43. The normalized spacial score (nSPS) is 18.5. The first-order valence-corrected chi connectivity index (χ1v) is 12.9. The Morgan fingerprint density at radius 1 is 1.24 bits per heavy atom. The summed E-state index contributed by atoms with van der Waals surface area (Å²) >= 11 is 0. The fourth-order valence-corrected chi connectivity index (χ4v) is 4.95. The molecular formula is C30H41N5O2. The van der Waals surface area contributed by atoms with Gasteiger partial charge in [0.1, 0.15) is 16.9 Å². The SMILES string of the molecule is C=C/C=C\C=C(/C)[C@H]1CC(C)(C)n2ncc(C(=O)N[C@](CC)(C(=O)N(C)C)c3ccc(CC)cc3)c2N1. The van der Waals surface area contributed by atoms with Crippen molar-refractivity contribution in [1.82, 2.24) is 20.0 Å². The van der Waals surface area contributed by atoms with Gasteiger partial charge in [-0.2, -0.15) is 5.10 Å². The van der Waals surface area contributed by atoms with Gasteiger partial charge in [-0.05, 0) is 51.2 Å². The largest absolute Gasteiger partial charge is 0.363 e. The summed E-state index contributed by atoms with van der Waals surface area (Å²) in [5, 5.41) is 11.2. The van der Waals surface area contributed by atoms with E-state index in [1.54, 1.807) is 26.4 Å². The Morgan fingerprint density at radius 2 is 1.92 bits per heavy atom. The van der Waals surface area contributed by atoms with Gasteiger partial charge in [0.05, 0.1) is 17.8 Å². The Bertz CT molecular complexity index is 1200. The molecule has 0 spiro atoms. The molecule has 198 valence electrons. The van der Waals surface area contributed by atoms with Crippen molar-refractivity contribution >= 4 is 17.6 Å². The number of nitrogens with zero attached hydrogens (tertiary/aromatic N) is 3. The third-order valence-electron chi connectivity index (χ3n) is 7.24. The molecule has 2 atom stereocenters. The summed E-state index contributed by atoms with van der Waals surface area (Å²) in [6, 6.07) is 7.95. The van der Waals surface area contributed by atoms with Crippen molar-refractivity contribution in [3.8, 4) is 0 Å². The Kier molecular flexibility index (Phi) is 8.46. The molecule has 7 heteroatoms. The molecule has 1 aliphatic rings. The van der Waals surface area contributed by atoms with E-state index in [-0.39, 0.29) is 23.4 Å². The highest BCUT2D eigenvalue weighted by atomic mass is 16.2. The van der Waals surface area contributed by atoms with E-state index in [1.165, 1.54) is 10.5 Å². The van der Waals surface area contributed by atoms with E-state index in [2.05, 4.69) is 56.1 Å². The predicted octanol–water partition coefficient (Wildman–Crippen LogP) is 5.18.